The van der Waals surface area contributed by atoms with Crippen LogP contribution in [0.4, 0.5) is 14.5 Å². The zero-order valence-electron chi connectivity index (χ0n) is 11.4. The van der Waals surface area contributed by atoms with Crippen molar-refractivity contribution in [3.05, 3.63) is 65.2 Å². The van der Waals surface area contributed by atoms with E-state index >= 15 is 0 Å². The monoisotopic (exact) mass is 275 g/mol. The summed E-state index contributed by atoms with van der Waals surface area (Å²) in [5.41, 5.74) is 1.38. The fraction of sp³-hybridized carbons (Fsp3) is 0.188. The standard InChI is InChI=1S/C16H15F2NO/c1-11-6-3-4-9-14(11)19(2)10-15(20)16-12(17)7-5-8-13(16)18/h3-9H,10H2,1-2H3. The molecule has 4 heteroatoms. The molecule has 0 aliphatic heterocycles. The molecule has 0 fully saturated rings. The first-order chi connectivity index (χ1) is 9.50. The van der Waals surface area contributed by atoms with E-state index in [1.807, 2.05) is 31.2 Å². The lowest BCUT2D eigenvalue weighted by Gasteiger charge is -2.20. The van der Waals surface area contributed by atoms with Gasteiger partial charge in [-0.2, -0.15) is 0 Å². The van der Waals surface area contributed by atoms with Crippen molar-refractivity contribution in [2.24, 2.45) is 0 Å². The molecule has 0 atom stereocenters. The van der Waals surface area contributed by atoms with Crippen LogP contribution in [0.25, 0.3) is 0 Å². The van der Waals surface area contributed by atoms with E-state index in [0.717, 1.165) is 23.4 Å². The fourth-order valence-electron chi connectivity index (χ4n) is 2.14. The summed E-state index contributed by atoms with van der Waals surface area (Å²) in [6.07, 6.45) is 0. The van der Waals surface area contributed by atoms with E-state index < -0.39 is 23.0 Å². The first-order valence-corrected chi connectivity index (χ1v) is 6.24. The minimum Gasteiger partial charge on any atom is -0.367 e. The quantitative estimate of drug-likeness (QED) is 0.795. The molecule has 0 saturated heterocycles. The van der Waals surface area contributed by atoms with Gasteiger partial charge in [-0.15, -0.1) is 0 Å². The van der Waals surface area contributed by atoms with E-state index in [-0.39, 0.29) is 6.54 Å². The van der Waals surface area contributed by atoms with Gasteiger partial charge in [-0.3, -0.25) is 4.79 Å². The fourth-order valence-corrected chi connectivity index (χ4v) is 2.14. The number of likely N-dealkylation sites (N-methyl/N-ethyl adjacent to an activating group) is 1. The summed E-state index contributed by atoms with van der Waals surface area (Å²) < 4.78 is 27.1. The molecule has 0 unspecified atom stereocenters. The molecule has 0 spiro atoms. The van der Waals surface area contributed by atoms with Crippen molar-refractivity contribution in [2.75, 3.05) is 18.5 Å². The van der Waals surface area contributed by atoms with Crippen LogP contribution in [0.1, 0.15) is 15.9 Å². The summed E-state index contributed by atoms with van der Waals surface area (Å²) in [6.45, 7) is 1.84. The third kappa shape index (κ3) is 2.85. The van der Waals surface area contributed by atoms with E-state index in [0.29, 0.717) is 0 Å². The molecule has 0 bridgehead atoms. The van der Waals surface area contributed by atoms with Crippen molar-refractivity contribution in [1.29, 1.82) is 0 Å². The largest absolute Gasteiger partial charge is 0.367 e. The molecule has 0 N–H and O–H groups in total. The molecule has 0 aliphatic rings. The van der Waals surface area contributed by atoms with Gasteiger partial charge in [0.25, 0.3) is 0 Å². The van der Waals surface area contributed by atoms with Crippen LogP contribution in [0.2, 0.25) is 0 Å². The number of benzene rings is 2. The maximum atomic E-state index is 13.6. The third-order valence-corrected chi connectivity index (χ3v) is 3.15. The van der Waals surface area contributed by atoms with Crippen molar-refractivity contribution in [2.45, 2.75) is 6.92 Å². The van der Waals surface area contributed by atoms with Crippen LogP contribution >= 0.6 is 0 Å². The molecule has 0 aromatic heterocycles. The smallest absolute Gasteiger partial charge is 0.187 e. The van der Waals surface area contributed by atoms with E-state index in [4.69, 9.17) is 0 Å². The van der Waals surface area contributed by atoms with Gasteiger partial charge in [0.2, 0.25) is 0 Å². The summed E-state index contributed by atoms with van der Waals surface area (Å²) >= 11 is 0. The summed E-state index contributed by atoms with van der Waals surface area (Å²) in [7, 11) is 1.72. The highest BCUT2D eigenvalue weighted by Gasteiger charge is 2.19. The maximum absolute atomic E-state index is 13.6. The highest BCUT2D eigenvalue weighted by atomic mass is 19.1. The second kappa shape index (κ2) is 5.82. The average molecular weight is 275 g/mol. The zero-order valence-corrected chi connectivity index (χ0v) is 11.4. The molecule has 0 radical (unpaired) electrons. The lowest BCUT2D eigenvalue weighted by atomic mass is 10.1. The Morgan fingerprint density at radius 1 is 1.05 bits per heavy atom. The summed E-state index contributed by atoms with van der Waals surface area (Å²) in [5.74, 6) is -2.23. The molecule has 0 saturated carbocycles. The Bertz CT molecular complexity index is 620. The van der Waals surface area contributed by atoms with Crippen LogP contribution in [-0.4, -0.2) is 19.4 Å². The van der Waals surface area contributed by atoms with Gasteiger partial charge in [0.1, 0.15) is 11.6 Å². The van der Waals surface area contributed by atoms with Crippen LogP contribution in [0, 0.1) is 18.6 Å². The lowest BCUT2D eigenvalue weighted by molar-refractivity contribution is 0.0992. The number of para-hydroxylation sites is 1. The van der Waals surface area contributed by atoms with Gasteiger partial charge >= 0.3 is 0 Å². The third-order valence-electron chi connectivity index (χ3n) is 3.15. The second-order valence-corrected chi connectivity index (χ2v) is 4.66. The number of carbonyl (C=O) groups excluding carboxylic acids is 1. The van der Waals surface area contributed by atoms with E-state index in [2.05, 4.69) is 0 Å². The normalized spacial score (nSPS) is 10.4. The van der Waals surface area contributed by atoms with Gasteiger partial charge in [-0.1, -0.05) is 24.3 Å². The van der Waals surface area contributed by atoms with Gasteiger partial charge < -0.3 is 4.90 Å². The number of rotatable bonds is 4. The number of hydrogen-bond acceptors (Lipinski definition) is 2. The van der Waals surface area contributed by atoms with Gasteiger partial charge in [-0.05, 0) is 30.7 Å². The molecule has 104 valence electrons. The maximum Gasteiger partial charge on any atom is 0.187 e. The molecule has 0 aliphatic carbocycles. The Kier molecular flexibility index (Phi) is 4.13. The van der Waals surface area contributed by atoms with Crippen molar-refractivity contribution < 1.29 is 13.6 Å². The van der Waals surface area contributed by atoms with Gasteiger partial charge in [0.05, 0.1) is 12.1 Å². The molecule has 2 aromatic rings. The highest BCUT2D eigenvalue weighted by Crippen LogP contribution is 2.19. The SMILES string of the molecule is Cc1ccccc1N(C)CC(=O)c1c(F)cccc1F. The second-order valence-electron chi connectivity index (χ2n) is 4.66. The Morgan fingerprint density at radius 3 is 2.25 bits per heavy atom. The molecule has 20 heavy (non-hydrogen) atoms. The Labute approximate surface area is 116 Å². The van der Waals surface area contributed by atoms with Crippen molar-refractivity contribution in [3.63, 3.8) is 0 Å². The number of ketones is 1. The van der Waals surface area contributed by atoms with E-state index in [1.54, 1.807) is 11.9 Å². The van der Waals surface area contributed by atoms with E-state index in [9.17, 15) is 13.6 Å². The average Bonchev–Trinajstić information content (AvgIpc) is 2.38. The predicted octanol–water partition coefficient (Wildman–Crippen LogP) is 3.59. The molecule has 2 aromatic carbocycles. The van der Waals surface area contributed by atoms with Crippen molar-refractivity contribution in [3.8, 4) is 0 Å². The number of aryl methyl sites for hydroxylation is 1. The van der Waals surface area contributed by atoms with Crippen LogP contribution in [0.15, 0.2) is 42.5 Å². The van der Waals surface area contributed by atoms with Gasteiger partial charge in [0.15, 0.2) is 5.78 Å². The topological polar surface area (TPSA) is 20.3 Å². The first-order valence-electron chi connectivity index (χ1n) is 6.24. The van der Waals surface area contributed by atoms with Crippen molar-refractivity contribution in [1.82, 2.24) is 0 Å². The highest BCUT2D eigenvalue weighted by molar-refractivity contribution is 5.99. The number of anilines is 1. The summed E-state index contributed by atoms with van der Waals surface area (Å²) in [4.78, 5) is 13.7. The van der Waals surface area contributed by atoms with Crippen LogP contribution in [0.3, 0.4) is 0 Å². The zero-order chi connectivity index (χ0) is 14.7. The Balaban J connectivity index is 2.22. The van der Waals surface area contributed by atoms with Crippen LogP contribution in [-0.2, 0) is 0 Å². The molecular weight excluding hydrogens is 260 g/mol. The molecular formula is C16H15F2NO. The Hall–Kier alpha value is -2.23. The first kappa shape index (κ1) is 14.2. The van der Waals surface area contributed by atoms with Crippen LogP contribution < -0.4 is 4.90 Å². The summed E-state index contributed by atoms with van der Waals surface area (Å²) in [6, 6.07) is 10.9. The summed E-state index contributed by atoms with van der Waals surface area (Å²) in [5, 5.41) is 0. The lowest BCUT2D eigenvalue weighted by Crippen LogP contribution is -2.27. The van der Waals surface area contributed by atoms with Gasteiger partial charge in [-0.25, -0.2) is 8.78 Å². The molecule has 0 amide bonds. The van der Waals surface area contributed by atoms with Gasteiger partial charge in [0, 0.05) is 12.7 Å². The van der Waals surface area contributed by atoms with E-state index in [1.165, 1.54) is 6.07 Å². The molecule has 2 nitrogen and oxygen atoms in total. The number of Topliss-reactive ketones (excluding diaryl/α,β-unsaturated/α-hetero) is 1. The minimum absolute atomic E-state index is 0.0806. The Morgan fingerprint density at radius 2 is 1.65 bits per heavy atom. The number of halogens is 2. The number of hydrogen-bond donors (Lipinski definition) is 0. The van der Waals surface area contributed by atoms with Crippen molar-refractivity contribution >= 4 is 11.5 Å². The minimum atomic E-state index is -0.826. The predicted molar refractivity (Wildman–Crippen MR) is 75.1 cm³/mol. The molecule has 0 heterocycles. The molecule has 2 rings (SSSR count). The number of carbonyl (C=O) groups is 1. The number of nitrogens with zero attached hydrogens (tertiary/aromatic N) is 1. The van der Waals surface area contributed by atoms with Crippen LogP contribution in [0.5, 0.6) is 0 Å².